The van der Waals surface area contributed by atoms with Gasteiger partial charge in [0.05, 0.1) is 6.54 Å². The number of furan rings is 1. The molecule has 0 aliphatic carbocycles. The minimum Gasteiger partial charge on any atom is -0.465 e. The highest BCUT2D eigenvalue weighted by atomic mass is 16.3. The van der Waals surface area contributed by atoms with E-state index in [0.29, 0.717) is 13.0 Å². The summed E-state index contributed by atoms with van der Waals surface area (Å²) in [6.07, 6.45) is 1.39. The summed E-state index contributed by atoms with van der Waals surface area (Å²) in [5.74, 6) is 1.99. The number of amides is 1. The van der Waals surface area contributed by atoms with E-state index in [1.165, 1.54) is 11.1 Å². The van der Waals surface area contributed by atoms with Crippen molar-refractivity contribution >= 4 is 11.6 Å². The molecule has 4 heteroatoms. The molecule has 0 saturated carbocycles. The maximum atomic E-state index is 11.4. The Balaban J connectivity index is 1.67. The Morgan fingerprint density at radius 3 is 2.90 bits per heavy atom. The van der Waals surface area contributed by atoms with Crippen LogP contribution >= 0.6 is 0 Å². The van der Waals surface area contributed by atoms with Gasteiger partial charge in [0, 0.05) is 18.2 Å². The van der Waals surface area contributed by atoms with Crippen molar-refractivity contribution in [3.8, 4) is 0 Å². The van der Waals surface area contributed by atoms with Crippen LogP contribution in [-0.4, -0.2) is 5.91 Å². The highest BCUT2D eigenvalue weighted by molar-refractivity contribution is 5.93. The number of hydrogen-bond donors (Lipinski definition) is 2. The number of carbonyl (C=O) groups excluding carboxylic acids is 1. The van der Waals surface area contributed by atoms with Gasteiger partial charge in [-0.25, -0.2) is 0 Å². The molecule has 1 aliphatic heterocycles. The van der Waals surface area contributed by atoms with E-state index in [1.54, 1.807) is 0 Å². The van der Waals surface area contributed by atoms with Crippen molar-refractivity contribution in [1.82, 2.24) is 5.32 Å². The van der Waals surface area contributed by atoms with Gasteiger partial charge in [0.2, 0.25) is 5.91 Å². The minimum atomic E-state index is 0.106. The number of nitrogens with one attached hydrogen (secondary N) is 2. The van der Waals surface area contributed by atoms with Gasteiger partial charge in [-0.3, -0.25) is 4.79 Å². The van der Waals surface area contributed by atoms with E-state index in [9.17, 15) is 4.79 Å². The second-order valence-electron chi connectivity index (χ2n) is 5.58. The van der Waals surface area contributed by atoms with Crippen molar-refractivity contribution in [2.75, 3.05) is 5.32 Å². The summed E-state index contributed by atoms with van der Waals surface area (Å²) in [5, 5.41) is 6.38. The first-order valence-electron chi connectivity index (χ1n) is 7.33. The van der Waals surface area contributed by atoms with Crippen molar-refractivity contribution in [2.45, 2.75) is 39.3 Å². The molecule has 4 nitrogen and oxygen atoms in total. The van der Waals surface area contributed by atoms with Gasteiger partial charge in [-0.1, -0.05) is 12.1 Å². The molecular formula is C17H20N2O2. The van der Waals surface area contributed by atoms with Gasteiger partial charge in [0.1, 0.15) is 11.5 Å². The Morgan fingerprint density at radius 1 is 1.29 bits per heavy atom. The molecule has 2 N–H and O–H groups in total. The average molecular weight is 284 g/mol. The molecule has 110 valence electrons. The molecule has 21 heavy (non-hydrogen) atoms. The fourth-order valence-electron chi connectivity index (χ4n) is 2.62. The lowest BCUT2D eigenvalue weighted by atomic mass is 9.98. The predicted molar refractivity (Wildman–Crippen MR) is 82.1 cm³/mol. The standard InChI is InChI=1S/C17H20N2O2/c1-11-3-6-15(21-11)10-18-12(2)13-4-7-16-14(9-13)5-8-17(20)19-16/h3-4,6-7,9,12,18H,5,8,10H2,1-2H3,(H,19,20)/t12-/m0/s1. The predicted octanol–water partition coefficient (Wildman–Crippen LogP) is 3.32. The third kappa shape index (κ3) is 3.16. The van der Waals surface area contributed by atoms with Crippen molar-refractivity contribution in [2.24, 2.45) is 0 Å². The largest absolute Gasteiger partial charge is 0.465 e. The minimum absolute atomic E-state index is 0.106. The summed E-state index contributed by atoms with van der Waals surface area (Å²) in [6.45, 7) is 4.80. The number of hydrogen-bond acceptors (Lipinski definition) is 3. The van der Waals surface area contributed by atoms with Crippen LogP contribution in [0.25, 0.3) is 0 Å². The monoisotopic (exact) mass is 284 g/mol. The third-order valence-corrected chi connectivity index (χ3v) is 3.90. The van der Waals surface area contributed by atoms with Crippen LogP contribution in [0.5, 0.6) is 0 Å². The van der Waals surface area contributed by atoms with Gasteiger partial charge in [-0.2, -0.15) is 0 Å². The van der Waals surface area contributed by atoms with E-state index < -0.39 is 0 Å². The molecule has 2 heterocycles. The lowest BCUT2D eigenvalue weighted by Crippen LogP contribution is -2.21. The summed E-state index contributed by atoms with van der Waals surface area (Å²) in [5.41, 5.74) is 3.40. The van der Waals surface area contributed by atoms with Crippen LogP contribution in [-0.2, 0) is 17.8 Å². The summed E-state index contributed by atoms with van der Waals surface area (Å²) in [6, 6.07) is 10.4. The number of carbonyl (C=O) groups is 1. The Bertz CT molecular complexity index is 661. The molecule has 2 aromatic rings. The molecule has 0 radical (unpaired) electrons. The van der Waals surface area contributed by atoms with Crippen molar-refractivity contribution in [3.63, 3.8) is 0 Å². The van der Waals surface area contributed by atoms with E-state index >= 15 is 0 Å². The summed E-state index contributed by atoms with van der Waals surface area (Å²) >= 11 is 0. The average Bonchev–Trinajstić information content (AvgIpc) is 2.90. The van der Waals surface area contributed by atoms with Gasteiger partial charge in [-0.15, -0.1) is 0 Å². The second-order valence-corrected chi connectivity index (χ2v) is 5.58. The van der Waals surface area contributed by atoms with Gasteiger partial charge in [0.25, 0.3) is 0 Å². The summed E-state index contributed by atoms with van der Waals surface area (Å²) < 4.78 is 5.56. The van der Waals surface area contributed by atoms with E-state index in [0.717, 1.165) is 23.6 Å². The lowest BCUT2D eigenvalue weighted by Gasteiger charge is -2.20. The normalized spacial score (nSPS) is 15.4. The molecule has 1 aromatic carbocycles. The molecule has 0 bridgehead atoms. The highest BCUT2D eigenvalue weighted by Gasteiger charge is 2.16. The topological polar surface area (TPSA) is 54.3 Å². The smallest absolute Gasteiger partial charge is 0.224 e. The van der Waals surface area contributed by atoms with E-state index in [2.05, 4.69) is 29.7 Å². The van der Waals surface area contributed by atoms with Crippen LogP contribution in [0.15, 0.2) is 34.7 Å². The lowest BCUT2D eigenvalue weighted by molar-refractivity contribution is -0.116. The first-order chi connectivity index (χ1) is 10.1. The van der Waals surface area contributed by atoms with E-state index in [-0.39, 0.29) is 11.9 Å². The highest BCUT2D eigenvalue weighted by Crippen LogP contribution is 2.26. The Kier molecular flexibility index (Phi) is 3.80. The molecule has 1 aromatic heterocycles. The molecule has 1 amide bonds. The molecule has 0 fully saturated rings. The fraction of sp³-hybridized carbons (Fsp3) is 0.353. The molecule has 3 rings (SSSR count). The SMILES string of the molecule is Cc1ccc(CN[C@@H](C)c2ccc3c(c2)CCC(=O)N3)o1. The van der Waals surface area contributed by atoms with Crippen LogP contribution < -0.4 is 10.6 Å². The van der Waals surface area contributed by atoms with Crippen LogP contribution in [0.3, 0.4) is 0 Å². The van der Waals surface area contributed by atoms with Gasteiger partial charge < -0.3 is 15.1 Å². The van der Waals surface area contributed by atoms with Crippen molar-refractivity contribution in [1.29, 1.82) is 0 Å². The zero-order chi connectivity index (χ0) is 14.8. The maximum Gasteiger partial charge on any atom is 0.224 e. The van der Waals surface area contributed by atoms with Crippen molar-refractivity contribution < 1.29 is 9.21 Å². The van der Waals surface area contributed by atoms with Crippen LogP contribution in [0.2, 0.25) is 0 Å². The van der Waals surface area contributed by atoms with Crippen LogP contribution in [0.1, 0.15) is 42.0 Å². The summed E-state index contributed by atoms with van der Waals surface area (Å²) in [7, 11) is 0. The number of rotatable bonds is 4. The third-order valence-electron chi connectivity index (χ3n) is 3.90. The first kappa shape index (κ1) is 13.9. The Labute approximate surface area is 124 Å². The Morgan fingerprint density at radius 2 is 2.14 bits per heavy atom. The number of anilines is 1. The molecule has 0 spiro atoms. The quantitative estimate of drug-likeness (QED) is 0.905. The number of fused-ring (bicyclic) bond motifs is 1. The Hall–Kier alpha value is -2.07. The van der Waals surface area contributed by atoms with Gasteiger partial charge in [0.15, 0.2) is 0 Å². The fourth-order valence-corrected chi connectivity index (χ4v) is 2.62. The zero-order valence-electron chi connectivity index (χ0n) is 12.4. The maximum absolute atomic E-state index is 11.4. The van der Waals surface area contributed by atoms with Gasteiger partial charge >= 0.3 is 0 Å². The summed E-state index contributed by atoms with van der Waals surface area (Å²) in [4.78, 5) is 11.4. The molecule has 1 aliphatic rings. The molecule has 0 saturated heterocycles. The van der Waals surface area contributed by atoms with Crippen LogP contribution in [0, 0.1) is 6.92 Å². The van der Waals surface area contributed by atoms with Crippen molar-refractivity contribution in [3.05, 3.63) is 53.0 Å². The molecular weight excluding hydrogens is 264 g/mol. The number of aryl methyl sites for hydroxylation is 2. The van der Waals surface area contributed by atoms with E-state index in [1.807, 2.05) is 25.1 Å². The first-order valence-corrected chi connectivity index (χ1v) is 7.33. The zero-order valence-corrected chi connectivity index (χ0v) is 12.4. The van der Waals surface area contributed by atoms with Gasteiger partial charge in [-0.05, 0) is 49.6 Å². The number of benzene rings is 1. The molecule has 1 atom stereocenters. The van der Waals surface area contributed by atoms with E-state index in [4.69, 9.17) is 4.42 Å². The van der Waals surface area contributed by atoms with Crippen LogP contribution in [0.4, 0.5) is 5.69 Å². The second kappa shape index (κ2) is 5.74. The molecule has 0 unspecified atom stereocenters.